The minimum absolute atomic E-state index is 0.0796. The number of benzene rings is 1. The van der Waals surface area contributed by atoms with Crippen molar-refractivity contribution in [2.75, 3.05) is 13.2 Å². The van der Waals surface area contributed by atoms with E-state index in [9.17, 15) is 5.11 Å². The van der Waals surface area contributed by atoms with Crippen LogP contribution in [0.25, 0.3) is 0 Å². The second-order valence-corrected chi connectivity index (χ2v) is 5.27. The van der Waals surface area contributed by atoms with Crippen LogP contribution in [0.15, 0.2) is 24.3 Å². The SMILES string of the molecule is OCCC1OOC2(CCCCO2)Cc2ccccc21. The maximum absolute atomic E-state index is 9.17. The number of hydrogen-bond acceptors (Lipinski definition) is 4. The first kappa shape index (κ1) is 13.1. The zero-order valence-corrected chi connectivity index (χ0v) is 11.0. The summed E-state index contributed by atoms with van der Waals surface area (Å²) in [6.07, 6.45) is 4.06. The van der Waals surface area contributed by atoms with Gasteiger partial charge in [0, 0.05) is 25.9 Å². The Morgan fingerprint density at radius 3 is 2.95 bits per heavy atom. The maximum Gasteiger partial charge on any atom is 0.205 e. The molecule has 1 N–H and O–H groups in total. The highest BCUT2D eigenvalue weighted by atomic mass is 17.2. The Morgan fingerprint density at radius 1 is 1.26 bits per heavy atom. The molecule has 0 radical (unpaired) electrons. The Labute approximate surface area is 113 Å². The van der Waals surface area contributed by atoms with Crippen LogP contribution in [-0.2, 0) is 20.9 Å². The van der Waals surface area contributed by atoms with Gasteiger partial charge in [0.1, 0.15) is 6.10 Å². The first-order valence-electron chi connectivity index (χ1n) is 7.00. The van der Waals surface area contributed by atoms with Crippen molar-refractivity contribution in [3.63, 3.8) is 0 Å². The number of hydrogen-bond donors (Lipinski definition) is 1. The van der Waals surface area contributed by atoms with Crippen molar-refractivity contribution >= 4 is 0 Å². The largest absolute Gasteiger partial charge is 0.396 e. The average Bonchev–Trinajstić information content (AvgIpc) is 2.59. The highest BCUT2D eigenvalue weighted by Crippen LogP contribution is 2.38. The summed E-state index contributed by atoms with van der Waals surface area (Å²) < 4.78 is 5.86. The molecule has 0 aliphatic carbocycles. The molecule has 4 nitrogen and oxygen atoms in total. The lowest BCUT2D eigenvalue weighted by molar-refractivity contribution is -0.451. The highest BCUT2D eigenvalue weighted by Gasteiger charge is 2.40. The van der Waals surface area contributed by atoms with E-state index in [4.69, 9.17) is 14.5 Å². The highest BCUT2D eigenvalue weighted by molar-refractivity contribution is 5.31. The van der Waals surface area contributed by atoms with Gasteiger partial charge in [-0.1, -0.05) is 24.3 Å². The Kier molecular flexibility index (Phi) is 3.84. The fourth-order valence-electron chi connectivity index (χ4n) is 2.88. The standard InChI is InChI=1S/C15H20O4/c16-9-7-14-13-6-2-1-5-12(13)11-15(19-18-14)8-3-4-10-17-15/h1-2,5-6,14,16H,3-4,7-11H2. The summed E-state index contributed by atoms with van der Waals surface area (Å²) in [5.41, 5.74) is 2.29. The van der Waals surface area contributed by atoms with Gasteiger partial charge < -0.3 is 9.84 Å². The molecule has 1 spiro atoms. The Morgan fingerprint density at radius 2 is 2.16 bits per heavy atom. The number of aliphatic hydroxyl groups is 1. The van der Waals surface area contributed by atoms with Crippen molar-refractivity contribution in [1.29, 1.82) is 0 Å². The topological polar surface area (TPSA) is 47.9 Å². The molecule has 2 aliphatic heterocycles. The summed E-state index contributed by atoms with van der Waals surface area (Å²) in [7, 11) is 0. The van der Waals surface area contributed by atoms with E-state index in [1.165, 1.54) is 5.56 Å². The van der Waals surface area contributed by atoms with E-state index in [0.717, 1.165) is 31.4 Å². The molecular formula is C15H20O4. The summed E-state index contributed by atoms with van der Waals surface area (Å²) in [5, 5.41) is 9.17. The number of ether oxygens (including phenoxy) is 1. The molecule has 0 aromatic heterocycles. The van der Waals surface area contributed by atoms with E-state index in [-0.39, 0.29) is 12.7 Å². The molecule has 2 aliphatic rings. The third-order valence-electron chi connectivity index (χ3n) is 3.89. The molecule has 4 heteroatoms. The van der Waals surface area contributed by atoms with Crippen molar-refractivity contribution in [2.24, 2.45) is 0 Å². The lowest BCUT2D eigenvalue weighted by atomic mass is 9.92. The normalized spacial score (nSPS) is 30.9. The van der Waals surface area contributed by atoms with Gasteiger partial charge in [0.05, 0.1) is 6.61 Å². The molecule has 0 saturated carbocycles. The molecule has 1 aromatic carbocycles. The van der Waals surface area contributed by atoms with Crippen LogP contribution >= 0.6 is 0 Å². The molecule has 2 heterocycles. The zero-order valence-electron chi connectivity index (χ0n) is 11.0. The first-order valence-corrected chi connectivity index (χ1v) is 7.00. The second kappa shape index (κ2) is 5.59. The maximum atomic E-state index is 9.17. The summed E-state index contributed by atoms with van der Waals surface area (Å²) in [6.45, 7) is 0.798. The molecule has 1 aromatic rings. The molecule has 0 bridgehead atoms. The fourth-order valence-corrected chi connectivity index (χ4v) is 2.88. The van der Waals surface area contributed by atoms with Crippen molar-refractivity contribution < 1.29 is 19.6 Å². The summed E-state index contributed by atoms with van der Waals surface area (Å²) in [4.78, 5) is 11.2. The van der Waals surface area contributed by atoms with E-state index >= 15 is 0 Å². The van der Waals surface area contributed by atoms with Gasteiger partial charge in [0.15, 0.2) is 0 Å². The smallest absolute Gasteiger partial charge is 0.205 e. The van der Waals surface area contributed by atoms with E-state index in [1.807, 2.05) is 18.2 Å². The number of rotatable bonds is 2. The van der Waals surface area contributed by atoms with E-state index < -0.39 is 5.79 Å². The third kappa shape index (κ3) is 2.67. The number of fused-ring (bicyclic) bond motifs is 1. The van der Waals surface area contributed by atoms with Crippen LogP contribution in [0.5, 0.6) is 0 Å². The van der Waals surface area contributed by atoms with Gasteiger partial charge in [0.2, 0.25) is 5.79 Å². The van der Waals surface area contributed by atoms with Gasteiger partial charge in [-0.3, -0.25) is 0 Å². The van der Waals surface area contributed by atoms with Crippen molar-refractivity contribution in [3.8, 4) is 0 Å². The summed E-state index contributed by atoms with van der Waals surface area (Å²) in [5.74, 6) is -0.640. The molecule has 2 unspecified atom stereocenters. The molecule has 1 saturated heterocycles. The van der Waals surface area contributed by atoms with Crippen LogP contribution in [0.4, 0.5) is 0 Å². The van der Waals surface area contributed by atoms with Crippen molar-refractivity contribution in [1.82, 2.24) is 0 Å². The van der Waals surface area contributed by atoms with Crippen LogP contribution in [-0.4, -0.2) is 24.1 Å². The monoisotopic (exact) mass is 264 g/mol. The Hall–Kier alpha value is -0.940. The summed E-state index contributed by atoms with van der Waals surface area (Å²) in [6, 6.07) is 8.15. The summed E-state index contributed by atoms with van der Waals surface area (Å²) >= 11 is 0. The van der Waals surface area contributed by atoms with Crippen LogP contribution in [0.1, 0.15) is 42.9 Å². The molecule has 104 valence electrons. The quantitative estimate of drug-likeness (QED) is 0.834. The molecular weight excluding hydrogens is 244 g/mol. The lowest BCUT2D eigenvalue weighted by Crippen LogP contribution is -2.40. The van der Waals surface area contributed by atoms with Gasteiger partial charge in [-0.15, -0.1) is 0 Å². The minimum atomic E-state index is -0.640. The van der Waals surface area contributed by atoms with Crippen molar-refractivity contribution in [3.05, 3.63) is 35.4 Å². The third-order valence-corrected chi connectivity index (χ3v) is 3.89. The van der Waals surface area contributed by atoms with Crippen LogP contribution in [0.2, 0.25) is 0 Å². The molecule has 19 heavy (non-hydrogen) atoms. The predicted molar refractivity (Wildman–Crippen MR) is 69.3 cm³/mol. The van der Waals surface area contributed by atoms with Gasteiger partial charge in [0.25, 0.3) is 0 Å². The minimum Gasteiger partial charge on any atom is -0.396 e. The Bertz CT molecular complexity index is 426. The molecule has 1 fully saturated rings. The first-order chi connectivity index (χ1) is 9.33. The lowest BCUT2D eigenvalue weighted by Gasteiger charge is -2.34. The van der Waals surface area contributed by atoms with Crippen LogP contribution in [0, 0.1) is 0 Å². The van der Waals surface area contributed by atoms with Crippen LogP contribution in [0.3, 0.4) is 0 Å². The zero-order chi connectivity index (χ0) is 13.1. The fraction of sp³-hybridized carbons (Fsp3) is 0.600. The van der Waals surface area contributed by atoms with Gasteiger partial charge >= 0.3 is 0 Å². The van der Waals surface area contributed by atoms with Crippen molar-refractivity contribution in [2.45, 2.75) is 44.0 Å². The number of aliphatic hydroxyl groups excluding tert-OH is 1. The molecule has 2 atom stereocenters. The predicted octanol–water partition coefficient (Wildman–Crippen LogP) is 2.51. The van der Waals surface area contributed by atoms with Gasteiger partial charge in [-0.25, -0.2) is 9.78 Å². The van der Waals surface area contributed by atoms with E-state index in [1.54, 1.807) is 0 Å². The average molecular weight is 264 g/mol. The molecule has 0 amide bonds. The second-order valence-electron chi connectivity index (χ2n) is 5.27. The van der Waals surface area contributed by atoms with E-state index in [2.05, 4.69) is 6.07 Å². The van der Waals surface area contributed by atoms with Crippen LogP contribution < -0.4 is 0 Å². The van der Waals surface area contributed by atoms with E-state index in [0.29, 0.717) is 12.8 Å². The Balaban J connectivity index is 1.90. The van der Waals surface area contributed by atoms with Gasteiger partial charge in [-0.05, 0) is 24.0 Å². The molecule has 3 rings (SSSR count). The van der Waals surface area contributed by atoms with Gasteiger partial charge in [-0.2, -0.15) is 0 Å².